The van der Waals surface area contributed by atoms with Gasteiger partial charge in [-0.2, -0.15) is 10.1 Å². The van der Waals surface area contributed by atoms with Gasteiger partial charge in [-0.15, -0.1) is 0 Å². The van der Waals surface area contributed by atoms with Crippen molar-refractivity contribution in [1.29, 1.82) is 0 Å². The van der Waals surface area contributed by atoms with Gasteiger partial charge in [0, 0.05) is 24.2 Å². The van der Waals surface area contributed by atoms with Gasteiger partial charge in [-0.05, 0) is 30.4 Å². The van der Waals surface area contributed by atoms with Crippen LogP contribution in [0, 0.1) is 0 Å². The van der Waals surface area contributed by atoms with Crippen LogP contribution < -0.4 is 11.5 Å². The quantitative estimate of drug-likeness (QED) is 0.414. The van der Waals surface area contributed by atoms with Gasteiger partial charge in [-0.1, -0.05) is 30.7 Å². The molecule has 1 aliphatic carbocycles. The standard InChI is InChI=1S/C23H25N7O3S/c24-21(29-20(31)17-12-28-30(13-17)19-6-9-34(32,33)14-19)23(7-1-8-23)18-4-2-15(3-5-18)16-10-26-22(25)27-11-16/h2-5,10-13,19H,1,6-9,14H2,(H2,24,29,31)(H2,25,26,27). The lowest BCUT2D eigenvalue weighted by Gasteiger charge is -2.41. The van der Waals surface area contributed by atoms with E-state index in [0.717, 1.165) is 36.0 Å². The molecule has 1 saturated carbocycles. The molecule has 11 heteroatoms. The first-order valence-electron chi connectivity index (χ1n) is 11.1. The average Bonchev–Trinajstić information content (AvgIpc) is 3.41. The minimum absolute atomic E-state index is 0.0370. The molecule has 176 valence electrons. The molecule has 1 saturated heterocycles. The van der Waals surface area contributed by atoms with Crippen molar-refractivity contribution >= 4 is 27.5 Å². The average molecular weight is 480 g/mol. The first-order chi connectivity index (χ1) is 16.3. The third kappa shape index (κ3) is 4.07. The van der Waals surface area contributed by atoms with Crippen LogP contribution in [0.3, 0.4) is 0 Å². The summed E-state index contributed by atoms with van der Waals surface area (Å²) in [6.07, 6.45) is 9.41. The second kappa shape index (κ2) is 8.32. The van der Waals surface area contributed by atoms with Crippen LogP contribution in [-0.4, -0.2) is 51.4 Å². The molecule has 1 aromatic carbocycles. The van der Waals surface area contributed by atoms with Crippen LogP contribution in [0.5, 0.6) is 0 Å². The Kier molecular flexibility index (Phi) is 5.43. The molecule has 0 radical (unpaired) electrons. The van der Waals surface area contributed by atoms with Crippen LogP contribution in [0.15, 0.2) is 54.0 Å². The summed E-state index contributed by atoms with van der Waals surface area (Å²) < 4.78 is 25.0. The molecular weight excluding hydrogens is 454 g/mol. The lowest BCUT2D eigenvalue weighted by molar-refractivity contribution is 0.100. The predicted octanol–water partition coefficient (Wildman–Crippen LogP) is 1.90. The number of amidine groups is 1. The molecule has 2 aromatic heterocycles. The number of nitrogens with zero attached hydrogens (tertiary/aromatic N) is 5. The highest BCUT2D eigenvalue weighted by Crippen LogP contribution is 2.44. The number of carbonyl (C=O) groups is 1. The molecule has 4 N–H and O–H groups in total. The Morgan fingerprint density at radius 2 is 1.79 bits per heavy atom. The fraction of sp³-hybridized carbons (Fsp3) is 0.348. The highest BCUT2D eigenvalue weighted by Gasteiger charge is 2.43. The SMILES string of the molecule is NC(=NC(=O)c1cnn(C2CCS(=O)(=O)C2)c1)C1(c2ccc(-c3cnc(N)nc3)cc2)CCC1. The number of amides is 1. The number of benzene rings is 1. The zero-order valence-electron chi connectivity index (χ0n) is 18.5. The van der Waals surface area contributed by atoms with E-state index in [4.69, 9.17) is 11.5 Å². The van der Waals surface area contributed by atoms with E-state index >= 15 is 0 Å². The Bertz CT molecular complexity index is 1360. The molecule has 5 rings (SSSR count). The smallest absolute Gasteiger partial charge is 0.281 e. The van der Waals surface area contributed by atoms with Gasteiger partial charge in [0.1, 0.15) is 5.84 Å². The summed E-state index contributed by atoms with van der Waals surface area (Å²) in [6.45, 7) is 0. The molecule has 3 heterocycles. The summed E-state index contributed by atoms with van der Waals surface area (Å²) in [6, 6.07) is 7.68. The van der Waals surface area contributed by atoms with Crippen molar-refractivity contribution in [1.82, 2.24) is 19.7 Å². The van der Waals surface area contributed by atoms with Gasteiger partial charge in [-0.3, -0.25) is 9.48 Å². The summed E-state index contributed by atoms with van der Waals surface area (Å²) in [4.78, 5) is 25.1. The lowest BCUT2D eigenvalue weighted by Crippen LogP contribution is -2.47. The van der Waals surface area contributed by atoms with E-state index in [-0.39, 0.29) is 29.3 Å². The van der Waals surface area contributed by atoms with Gasteiger partial charge in [0.2, 0.25) is 5.95 Å². The Balaban J connectivity index is 1.35. The lowest BCUT2D eigenvalue weighted by atomic mass is 9.63. The predicted molar refractivity (Wildman–Crippen MR) is 128 cm³/mol. The molecule has 0 bridgehead atoms. The van der Waals surface area contributed by atoms with Crippen LogP contribution in [0.25, 0.3) is 11.1 Å². The summed E-state index contributed by atoms with van der Waals surface area (Å²) >= 11 is 0. The zero-order chi connectivity index (χ0) is 23.9. The molecule has 2 aliphatic rings. The number of nitrogens with two attached hydrogens (primary N) is 2. The van der Waals surface area contributed by atoms with E-state index in [2.05, 4.69) is 20.1 Å². The number of aromatic nitrogens is 4. The van der Waals surface area contributed by atoms with E-state index in [1.807, 2.05) is 24.3 Å². The second-order valence-electron chi connectivity index (χ2n) is 8.91. The van der Waals surface area contributed by atoms with Crippen molar-refractivity contribution in [2.75, 3.05) is 17.2 Å². The molecule has 1 atom stereocenters. The number of sulfone groups is 1. The van der Waals surface area contributed by atoms with Gasteiger partial charge >= 0.3 is 0 Å². The van der Waals surface area contributed by atoms with E-state index in [0.29, 0.717) is 12.0 Å². The monoisotopic (exact) mass is 479 g/mol. The van der Waals surface area contributed by atoms with Crippen LogP contribution >= 0.6 is 0 Å². The maximum atomic E-state index is 12.8. The Hall–Kier alpha value is -3.60. The number of hydrogen-bond donors (Lipinski definition) is 2. The Morgan fingerprint density at radius 1 is 1.09 bits per heavy atom. The molecule has 1 aliphatic heterocycles. The maximum Gasteiger partial charge on any atom is 0.281 e. The molecule has 10 nitrogen and oxygen atoms in total. The fourth-order valence-corrected chi connectivity index (χ4v) is 6.31. The largest absolute Gasteiger partial charge is 0.386 e. The van der Waals surface area contributed by atoms with Crippen molar-refractivity contribution in [3.8, 4) is 11.1 Å². The number of aliphatic imine (C=N–C) groups is 1. The third-order valence-corrected chi connectivity index (χ3v) is 8.54. The van der Waals surface area contributed by atoms with Crippen molar-refractivity contribution in [2.45, 2.75) is 37.1 Å². The maximum absolute atomic E-state index is 12.8. The van der Waals surface area contributed by atoms with Crippen LogP contribution in [0.2, 0.25) is 0 Å². The summed E-state index contributed by atoms with van der Waals surface area (Å²) in [7, 11) is -3.05. The second-order valence-corrected chi connectivity index (χ2v) is 11.1. The van der Waals surface area contributed by atoms with Crippen LogP contribution in [0.4, 0.5) is 5.95 Å². The number of anilines is 1. The number of nitrogen functional groups attached to an aromatic ring is 1. The first kappa shape index (κ1) is 22.2. The normalized spacial score (nSPS) is 21.2. The summed E-state index contributed by atoms with van der Waals surface area (Å²) in [5, 5.41) is 4.19. The van der Waals surface area contributed by atoms with Crippen molar-refractivity contribution in [3.05, 3.63) is 60.2 Å². The third-order valence-electron chi connectivity index (χ3n) is 6.79. The molecular formula is C23H25N7O3S. The number of carbonyl (C=O) groups excluding carboxylic acids is 1. The van der Waals surface area contributed by atoms with E-state index < -0.39 is 21.2 Å². The fourth-order valence-electron chi connectivity index (χ4n) is 4.60. The summed E-state index contributed by atoms with van der Waals surface area (Å²) in [5.41, 5.74) is 14.6. The van der Waals surface area contributed by atoms with Crippen LogP contribution in [0.1, 0.15) is 47.6 Å². The highest BCUT2D eigenvalue weighted by atomic mass is 32.2. The zero-order valence-corrected chi connectivity index (χ0v) is 19.3. The van der Waals surface area contributed by atoms with Gasteiger partial charge < -0.3 is 11.5 Å². The molecule has 2 fully saturated rings. The topological polar surface area (TPSA) is 159 Å². The highest BCUT2D eigenvalue weighted by molar-refractivity contribution is 7.91. The van der Waals surface area contributed by atoms with Crippen LogP contribution in [-0.2, 0) is 15.3 Å². The van der Waals surface area contributed by atoms with Gasteiger partial charge in [0.15, 0.2) is 9.84 Å². The number of hydrogen-bond acceptors (Lipinski definition) is 7. The molecule has 0 spiro atoms. The Morgan fingerprint density at radius 3 is 2.38 bits per heavy atom. The number of rotatable bonds is 5. The molecule has 3 aromatic rings. The van der Waals surface area contributed by atoms with Crippen molar-refractivity contribution in [2.24, 2.45) is 10.7 Å². The summed E-state index contributed by atoms with van der Waals surface area (Å²) in [5.74, 6) is 0.199. The van der Waals surface area contributed by atoms with E-state index in [1.54, 1.807) is 23.3 Å². The molecule has 34 heavy (non-hydrogen) atoms. The minimum atomic E-state index is -3.05. The van der Waals surface area contributed by atoms with Gasteiger partial charge in [0.05, 0.1) is 34.7 Å². The van der Waals surface area contributed by atoms with E-state index in [9.17, 15) is 13.2 Å². The molecule has 1 unspecified atom stereocenters. The van der Waals surface area contributed by atoms with Gasteiger partial charge in [0.25, 0.3) is 5.91 Å². The first-order valence-corrected chi connectivity index (χ1v) is 12.9. The van der Waals surface area contributed by atoms with Crippen molar-refractivity contribution in [3.63, 3.8) is 0 Å². The Labute approximate surface area is 197 Å². The van der Waals surface area contributed by atoms with Crippen molar-refractivity contribution < 1.29 is 13.2 Å². The van der Waals surface area contributed by atoms with Gasteiger partial charge in [-0.25, -0.2) is 18.4 Å². The molecule has 1 amide bonds. The van der Waals surface area contributed by atoms with E-state index in [1.165, 1.54) is 6.20 Å². The minimum Gasteiger partial charge on any atom is -0.386 e.